The van der Waals surface area contributed by atoms with E-state index in [1.54, 1.807) is 0 Å². The Labute approximate surface area is 85.9 Å². The summed E-state index contributed by atoms with van der Waals surface area (Å²) in [5, 5.41) is 8.66. The number of carboxylic acid groups (broad SMARTS) is 1. The summed E-state index contributed by atoms with van der Waals surface area (Å²) in [6, 6.07) is 0. The number of aromatic carboxylic acids is 1. The fraction of sp³-hybridized carbons (Fsp3) is 0.375. The zero-order chi connectivity index (χ0) is 11.1. The highest BCUT2D eigenvalue weighted by atomic mass is 32.2. The topological polar surface area (TPSA) is 97.2 Å². The van der Waals surface area contributed by atoms with Crippen LogP contribution in [0.5, 0.6) is 0 Å². The van der Waals surface area contributed by atoms with Crippen molar-refractivity contribution in [3.63, 3.8) is 0 Å². The number of hydrogen-bond donors (Lipinski definition) is 1. The van der Waals surface area contributed by atoms with Gasteiger partial charge in [0.2, 0.25) is 0 Å². The van der Waals surface area contributed by atoms with Gasteiger partial charge in [-0.25, -0.2) is 18.2 Å². The molecule has 0 bridgehead atoms. The molecule has 0 fully saturated rings. The van der Waals surface area contributed by atoms with Gasteiger partial charge in [0.15, 0.2) is 15.5 Å². The quantitative estimate of drug-likeness (QED) is 0.705. The van der Waals surface area contributed by atoms with Gasteiger partial charge in [-0.15, -0.1) is 0 Å². The van der Waals surface area contributed by atoms with E-state index >= 15 is 0 Å². The molecule has 6 nitrogen and oxygen atoms in total. The van der Waals surface area contributed by atoms with Gasteiger partial charge in [0, 0.05) is 6.42 Å². The molecule has 0 radical (unpaired) electrons. The first kappa shape index (κ1) is 10.0. The lowest BCUT2D eigenvalue weighted by Crippen LogP contribution is -2.22. The number of fused-ring (bicyclic) bond motifs is 1. The highest BCUT2D eigenvalue weighted by Crippen LogP contribution is 2.16. The van der Waals surface area contributed by atoms with Crippen molar-refractivity contribution in [1.82, 2.24) is 9.97 Å². The molecule has 0 amide bonds. The van der Waals surface area contributed by atoms with Crippen LogP contribution in [-0.4, -0.2) is 35.2 Å². The van der Waals surface area contributed by atoms with Crippen molar-refractivity contribution in [2.45, 2.75) is 12.2 Å². The van der Waals surface area contributed by atoms with Gasteiger partial charge in [0.25, 0.3) is 0 Å². The standard InChI is InChI=1S/C8H8N2O4S/c11-8(12)6-3-9-5-1-2-15(13,14)4-7(5)10-6/h3H,1-2,4H2,(H,11,12). The normalized spacial score (nSPS) is 18.1. The zero-order valence-electron chi connectivity index (χ0n) is 7.67. The van der Waals surface area contributed by atoms with Crippen LogP contribution >= 0.6 is 0 Å². The van der Waals surface area contributed by atoms with Crippen molar-refractivity contribution >= 4 is 15.8 Å². The minimum atomic E-state index is -3.13. The van der Waals surface area contributed by atoms with E-state index in [0.717, 1.165) is 6.20 Å². The predicted molar refractivity (Wildman–Crippen MR) is 50.2 cm³/mol. The van der Waals surface area contributed by atoms with Crippen LogP contribution in [0.25, 0.3) is 0 Å². The van der Waals surface area contributed by atoms with Crippen molar-refractivity contribution in [1.29, 1.82) is 0 Å². The van der Waals surface area contributed by atoms with Crippen LogP contribution in [0.4, 0.5) is 0 Å². The maximum atomic E-state index is 11.3. The van der Waals surface area contributed by atoms with Gasteiger partial charge in [-0.1, -0.05) is 0 Å². The third-order valence-corrected chi connectivity index (χ3v) is 3.70. The average Bonchev–Trinajstić information content (AvgIpc) is 2.15. The van der Waals surface area contributed by atoms with Crippen LogP contribution in [0, 0.1) is 0 Å². The third kappa shape index (κ3) is 1.96. The molecule has 0 unspecified atom stereocenters. The number of sulfone groups is 1. The van der Waals surface area contributed by atoms with E-state index < -0.39 is 15.8 Å². The van der Waals surface area contributed by atoms with E-state index in [0.29, 0.717) is 12.1 Å². The second-order valence-electron chi connectivity index (χ2n) is 3.30. The Morgan fingerprint density at radius 3 is 2.80 bits per heavy atom. The second-order valence-corrected chi connectivity index (χ2v) is 5.48. The third-order valence-electron chi connectivity index (χ3n) is 2.16. The monoisotopic (exact) mass is 228 g/mol. The number of aryl methyl sites for hydroxylation is 1. The summed E-state index contributed by atoms with van der Waals surface area (Å²) < 4.78 is 22.6. The molecule has 2 heterocycles. The maximum Gasteiger partial charge on any atom is 0.356 e. The first-order valence-corrected chi connectivity index (χ1v) is 6.08. The second kappa shape index (κ2) is 3.27. The Morgan fingerprint density at radius 2 is 2.13 bits per heavy atom. The fourth-order valence-corrected chi connectivity index (χ4v) is 2.71. The molecule has 0 spiro atoms. The highest BCUT2D eigenvalue weighted by Gasteiger charge is 2.24. The smallest absolute Gasteiger partial charge is 0.356 e. The number of carboxylic acids is 1. The van der Waals surface area contributed by atoms with Gasteiger partial charge in [0.1, 0.15) is 0 Å². The maximum absolute atomic E-state index is 11.3. The van der Waals surface area contributed by atoms with E-state index in [4.69, 9.17) is 5.11 Å². The van der Waals surface area contributed by atoms with Gasteiger partial charge < -0.3 is 5.11 Å². The van der Waals surface area contributed by atoms with Crippen LogP contribution < -0.4 is 0 Å². The lowest BCUT2D eigenvalue weighted by molar-refractivity contribution is 0.0689. The molecule has 1 aromatic rings. The molecule has 7 heteroatoms. The molecule has 15 heavy (non-hydrogen) atoms. The van der Waals surface area contributed by atoms with Crippen molar-refractivity contribution in [2.24, 2.45) is 0 Å². The molecule has 0 atom stereocenters. The number of nitrogens with zero attached hydrogens (tertiary/aromatic N) is 2. The Balaban J connectivity index is 2.48. The van der Waals surface area contributed by atoms with E-state index in [-0.39, 0.29) is 22.9 Å². The Kier molecular flexibility index (Phi) is 2.18. The summed E-state index contributed by atoms with van der Waals surface area (Å²) in [4.78, 5) is 18.3. The molecule has 0 saturated carbocycles. The van der Waals surface area contributed by atoms with Crippen LogP contribution in [0.3, 0.4) is 0 Å². The minimum Gasteiger partial charge on any atom is -0.476 e. The fourth-order valence-electron chi connectivity index (χ4n) is 1.41. The van der Waals surface area contributed by atoms with Crippen LogP contribution in [0.2, 0.25) is 0 Å². The minimum absolute atomic E-state index is 0.0566. The Hall–Kier alpha value is -1.50. The summed E-state index contributed by atoms with van der Waals surface area (Å²) >= 11 is 0. The van der Waals surface area contributed by atoms with Crippen molar-refractivity contribution < 1.29 is 18.3 Å². The van der Waals surface area contributed by atoms with E-state index in [9.17, 15) is 13.2 Å². The molecule has 0 aliphatic carbocycles. The first-order valence-electron chi connectivity index (χ1n) is 4.26. The lowest BCUT2D eigenvalue weighted by Gasteiger charge is -2.13. The van der Waals surface area contributed by atoms with Gasteiger partial charge in [0.05, 0.1) is 29.1 Å². The molecule has 2 rings (SSSR count). The van der Waals surface area contributed by atoms with Crippen LogP contribution in [0.15, 0.2) is 6.20 Å². The summed E-state index contributed by atoms with van der Waals surface area (Å²) in [5.41, 5.74) is 0.627. The zero-order valence-corrected chi connectivity index (χ0v) is 8.49. The molecule has 1 aliphatic heterocycles. The number of carbonyl (C=O) groups is 1. The van der Waals surface area contributed by atoms with E-state index in [1.165, 1.54) is 0 Å². The molecular formula is C8H8N2O4S. The molecular weight excluding hydrogens is 220 g/mol. The van der Waals surface area contributed by atoms with E-state index in [2.05, 4.69) is 9.97 Å². The summed E-state index contributed by atoms with van der Waals surface area (Å²) in [6.45, 7) is 0. The number of aromatic nitrogens is 2. The summed E-state index contributed by atoms with van der Waals surface area (Å²) in [5.74, 6) is -1.36. The number of rotatable bonds is 1. The highest BCUT2D eigenvalue weighted by molar-refractivity contribution is 7.90. The Morgan fingerprint density at radius 1 is 1.40 bits per heavy atom. The summed E-state index contributed by atoms with van der Waals surface area (Å²) in [6.07, 6.45) is 1.46. The average molecular weight is 228 g/mol. The van der Waals surface area contributed by atoms with Gasteiger partial charge >= 0.3 is 5.97 Å². The van der Waals surface area contributed by atoms with E-state index in [1.807, 2.05) is 0 Å². The van der Waals surface area contributed by atoms with Crippen LogP contribution in [-0.2, 0) is 22.0 Å². The first-order chi connectivity index (χ1) is 6.98. The molecule has 0 aromatic carbocycles. The number of hydrogen-bond acceptors (Lipinski definition) is 5. The van der Waals surface area contributed by atoms with Gasteiger partial charge in [-0.2, -0.15) is 0 Å². The molecule has 1 aliphatic rings. The van der Waals surface area contributed by atoms with Gasteiger partial charge in [-0.05, 0) is 0 Å². The van der Waals surface area contributed by atoms with Crippen LogP contribution in [0.1, 0.15) is 21.9 Å². The van der Waals surface area contributed by atoms with Gasteiger partial charge in [-0.3, -0.25) is 4.98 Å². The summed E-state index contributed by atoms with van der Waals surface area (Å²) in [7, 11) is -3.13. The van der Waals surface area contributed by atoms with Crippen molar-refractivity contribution in [2.75, 3.05) is 5.75 Å². The molecule has 1 N–H and O–H groups in total. The lowest BCUT2D eigenvalue weighted by atomic mass is 10.2. The molecule has 80 valence electrons. The van der Waals surface area contributed by atoms with Crippen molar-refractivity contribution in [3.8, 4) is 0 Å². The molecule has 1 aromatic heterocycles. The SMILES string of the molecule is O=C(O)c1cnc2c(n1)CS(=O)(=O)CC2. The Bertz CT molecular complexity index is 523. The van der Waals surface area contributed by atoms with Crippen molar-refractivity contribution in [3.05, 3.63) is 23.3 Å². The molecule has 0 saturated heterocycles. The predicted octanol–water partition coefficient (Wildman–Crippen LogP) is -0.354. The largest absolute Gasteiger partial charge is 0.476 e.